The largest absolute Gasteiger partial charge is 0.394 e. The number of nitrogens with two attached hydrogens (primary N) is 1. The summed E-state index contributed by atoms with van der Waals surface area (Å²) in [6, 6.07) is 0. The van der Waals surface area contributed by atoms with Crippen molar-refractivity contribution in [3.8, 4) is 0 Å². The fourth-order valence-corrected chi connectivity index (χ4v) is 0.955. The molecule has 1 atom stereocenters. The van der Waals surface area contributed by atoms with Crippen LogP contribution in [0.3, 0.4) is 0 Å². The fourth-order valence-electron chi connectivity index (χ4n) is 0.955. The molecule has 0 aromatic rings. The standard InChI is InChI=1S/C9H19F3N2O/c1-8(13,7-15)3-5-14(2)6-4-9(10,11)12/h15H,3-7,13H2,1-2H3. The van der Waals surface area contributed by atoms with Crippen LogP contribution >= 0.6 is 0 Å². The number of halogens is 3. The monoisotopic (exact) mass is 228 g/mol. The van der Waals surface area contributed by atoms with E-state index >= 15 is 0 Å². The maximum atomic E-state index is 11.9. The number of hydrogen-bond donors (Lipinski definition) is 2. The Balaban J connectivity index is 3.71. The van der Waals surface area contributed by atoms with Gasteiger partial charge in [-0.3, -0.25) is 0 Å². The van der Waals surface area contributed by atoms with Crippen molar-refractivity contribution in [1.82, 2.24) is 4.90 Å². The minimum atomic E-state index is -4.11. The van der Waals surface area contributed by atoms with E-state index in [1.165, 1.54) is 0 Å². The first-order valence-electron chi connectivity index (χ1n) is 4.81. The van der Waals surface area contributed by atoms with E-state index in [0.717, 1.165) is 0 Å². The summed E-state index contributed by atoms with van der Waals surface area (Å²) in [5.41, 5.74) is 4.93. The van der Waals surface area contributed by atoms with Crippen LogP contribution in [0.25, 0.3) is 0 Å². The van der Waals surface area contributed by atoms with Gasteiger partial charge in [-0.2, -0.15) is 13.2 Å². The highest BCUT2D eigenvalue weighted by Crippen LogP contribution is 2.19. The third-order valence-electron chi connectivity index (χ3n) is 2.20. The molecule has 3 nitrogen and oxygen atoms in total. The second kappa shape index (κ2) is 5.67. The maximum absolute atomic E-state index is 11.9. The molecule has 0 rings (SSSR count). The lowest BCUT2D eigenvalue weighted by Crippen LogP contribution is -2.43. The van der Waals surface area contributed by atoms with Gasteiger partial charge in [0.25, 0.3) is 0 Å². The zero-order chi connectivity index (χ0) is 12.1. The smallest absolute Gasteiger partial charge is 0.390 e. The average Bonchev–Trinajstić information content (AvgIpc) is 2.10. The lowest BCUT2D eigenvalue weighted by atomic mass is 10.0. The van der Waals surface area contributed by atoms with Crippen LogP contribution in [0.4, 0.5) is 13.2 Å². The van der Waals surface area contributed by atoms with Crippen molar-refractivity contribution in [2.45, 2.75) is 31.5 Å². The minimum absolute atomic E-state index is 0.0367. The number of aliphatic hydroxyl groups is 1. The van der Waals surface area contributed by atoms with Gasteiger partial charge in [0.15, 0.2) is 0 Å². The maximum Gasteiger partial charge on any atom is 0.390 e. The van der Waals surface area contributed by atoms with Crippen LogP contribution in [-0.2, 0) is 0 Å². The molecule has 15 heavy (non-hydrogen) atoms. The van der Waals surface area contributed by atoms with Crippen LogP contribution in [0.1, 0.15) is 19.8 Å². The number of alkyl halides is 3. The number of rotatable bonds is 6. The molecule has 1 unspecified atom stereocenters. The summed E-state index contributed by atoms with van der Waals surface area (Å²) in [6.45, 7) is 1.92. The molecule has 0 saturated carbocycles. The van der Waals surface area contributed by atoms with E-state index in [9.17, 15) is 13.2 Å². The molecule has 0 radical (unpaired) electrons. The van der Waals surface area contributed by atoms with Gasteiger partial charge in [-0.15, -0.1) is 0 Å². The summed E-state index contributed by atoms with van der Waals surface area (Å²) in [5.74, 6) is 0. The molecule has 6 heteroatoms. The van der Waals surface area contributed by atoms with E-state index in [0.29, 0.717) is 13.0 Å². The Morgan fingerprint density at radius 2 is 1.67 bits per heavy atom. The molecule has 0 amide bonds. The van der Waals surface area contributed by atoms with E-state index in [-0.39, 0.29) is 13.2 Å². The Kier molecular flexibility index (Phi) is 5.55. The third-order valence-corrected chi connectivity index (χ3v) is 2.20. The summed E-state index contributed by atoms with van der Waals surface area (Å²) in [7, 11) is 1.61. The van der Waals surface area contributed by atoms with Crippen LogP contribution < -0.4 is 5.73 Å². The summed E-state index contributed by atoms with van der Waals surface area (Å²) < 4.78 is 35.6. The SMILES string of the molecule is CN(CCC(F)(F)F)CCC(C)(N)CO. The molecule has 92 valence electrons. The molecular weight excluding hydrogens is 209 g/mol. The number of aliphatic hydroxyl groups excluding tert-OH is 1. The summed E-state index contributed by atoms with van der Waals surface area (Å²) in [4.78, 5) is 1.56. The van der Waals surface area contributed by atoms with Gasteiger partial charge in [0.05, 0.1) is 13.0 Å². The van der Waals surface area contributed by atoms with E-state index in [1.807, 2.05) is 0 Å². The molecule has 0 heterocycles. The third kappa shape index (κ3) is 8.65. The van der Waals surface area contributed by atoms with Crippen molar-refractivity contribution >= 4 is 0 Å². The van der Waals surface area contributed by atoms with Gasteiger partial charge in [-0.05, 0) is 26.9 Å². The Morgan fingerprint density at radius 1 is 1.20 bits per heavy atom. The summed E-state index contributed by atoms with van der Waals surface area (Å²) in [6.07, 6.45) is -4.46. The first-order valence-corrected chi connectivity index (χ1v) is 4.81. The molecule has 0 aliphatic heterocycles. The van der Waals surface area contributed by atoms with Crippen LogP contribution in [0.15, 0.2) is 0 Å². The minimum Gasteiger partial charge on any atom is -0.394 e. The number of hydrogen-bond acceptors (Lipinski definition) is 3. The Bertz CT molecular complexity index is 183. The molecule has 0 bridgehead atoms. The van der Waals surface area contributed by atoms with Crippen molar-refractivity contribution < 1.29 is 18.3 Å². The van der Waals surface area contributed by atoms with Gasteiger partial charge in [0.1, 0.15) is 0 Å². The lowest BCUT2D eigenvalue weighted by molar-refractivity contribution is -0.137. The topological polar surface area (TPSA) is 49.5 Å². The van der Waals surface area contributed by atoms with Gasteiger partial charge in [-0.1, -0.05) is 0 Å². The molecule has 0 aliphatic rings. The van der Waals surface area contributed by atoms with E-state index in [4.69, 9.17) is 10.8 Å². The van der Waals surface area contributed by atoms with Gasteiger partial charge < -0.3 is 15.7 Å². The second-order valence-electron chi connectivity index (χ2n) is 4.23. The first kappa shape index (κ1) is 14.7. The lowest BCUT2D eigenvalue weighted by Gasteiger charge is -2.25. The van der Waals surface area contributed by atoms with E-state index in [2.05, 4.69) is 0 Å². The molecule has 0 aliphatic carbocycles. The molecule has 0 aromatic heterocycles. The van der Waals surface area contributed by atoms with E-state index < -0.39 is 18.1 Å². The van der Waals surface area contributed by atoms with Gasteiger partial charge in [-0.25, -0.2) is 0 Å². The number of nitrogens with zero attached hydrogens (tertiary/aromatic N) is 1. The van der Waals surface area contributed by atoms with Crippen molar-refractivity contribution in [2.75, 3.05) is 26.7 Å². The van der Waals surface area contributed by atoms with Gasteiger partial charge in [0.2, 0.25) is 0 Å². The fraction of sp³-hybridized carbons (Fsp3) is 1.00. The van der Waals surface area contributed by atoms with Crippen molar-refractivity contribution in [3.63, 3.8) is 0 Å². The predicted molar refractivity (Wildman–Crippen MR) is 52.5 cm³/mol. The van der Waals surface area contributed by atoms with Gasteiger partial charge in [0, 0.05) is 12.1 Å². The molecule has 0 saturated heterocycles. The Labute approximate surface area is 88.0 Å². The highest BCUT2D eigenvalue weighted by molar-refractivity contribution is 4.78. The van der Waals surface area contributed by atoms with Crippen molar-refractivity contribution in [1.29, 1.82) is 0 Å². The zero-order valence-electron chi connectivity index (χ0n) is 9.14. The Hall–Kier alpha value is -0.330. The van der Waals surface area contributed by atoms with Crippen LogP contribution in [-0.4, -0.2) is 48.5 Å². The first-order chi connectivity index (χ1) is 6.66. The quantitative estimate of drug-likeness (QED) is 0.712. The van der Waals surface area contributed by atoms with Crippen LogP contribution in [0.2, 0.25) is 0 Å². The van der Waals surface area contributed by atoms with Crippen molar-refractivity contribution in [3.05, 3.63) is 0 Å². The summed E-state index contributed by atoms with van der Waals surface area (Å²) >= 11 is 0. The average molecular weight is 228 g/mol. The molecule has 0 spiro atoms. The summed E-state index contributed by atoms with van der Waals surface area (Å²) in [5, 5.41) is 8.84. The molecule has 0 fully saturated rings. The van der Waals surface area contributed by atoms with E-state index in [1.54, 1.807) is 18.9 Å². The Morgan fingerprint density at radius 3 is 2.07 bits per heavy atom. The van der Waals surface area contributed by atoms with Crippen molar-refractivity contribution in [2.24, 2.45) is 5.73 Å². The zero-order valence-corrected chi connectivity index (χ0v) is 9.14. The normalized spacial score (nSPS) is 16.8. The highest BCUT2D eigenvalue weighted by Gasteiger charge is 2.27. The molecule has 3 N–H and O–H groups in total. The van der Waals surface area contributed by atoms with Crippen LogP contribution in [0, 0.1) is 0 Å². The highest BCUT2D eigenvalue weighted by atomic mass is 19.4. The van der Waals surface area contributed by atoms with Gasteiger partial charge >= 0.3 is 6.18 Å². The van der Waals surface area contributed by atoms with Crippen LogP contribution in [0.5, 0.6) is 0 Å². The molecular formula is C9H19F3N2O. The second-order valence-corrected chi connectivity index (χ2v) is 4.23. The molecule has 0 aromatic carbocycles. The predicted octanol–water partition coefficient (Wildman–Crippen LogP) is 0.970.